The van der Waals surface area contributed by atoms with E-state index in [1.807, 2.05) is 0 Å². The number of likely N-dealkylation sites (tertiary alicyclic amines) is 1. The third kappa shape index (κ3) is 4.77. The number of amides is 3. The summed E-state index contributed by atoms with van der Waals surface area (Å²) in [6.45, 7) is 1.07. The maximum atomic E-state index is 14.6. The molecule has 2 heterocycles. The normalized spacial score (nSPS) is 14.3. The molecule has 2 aromatic carbocycles. The van der Waals surface area contributed by atoms with Crippen LogP contribution in [-0.4, -0.2) is 52.9 Å². The standard InChI is InChI=1S/C23H22F2N4O2S/c1-28(18-7-9-29(10-8-18)22(30)21-13-26-14-32-21)23(31)27-20-6-5-16(12-19(20)25)15-3-2-4-17(24)11-15/h2-6,11-14,18H,7-10H2,1H3,(H,27,31). The number of aromatic nitrogens is 1. The lowest BCUT2D eigenvalue weighted by Crippen LogP contribution is -2.48. The Hall–Kier alpha value is -3.33. The molecule has 0 unspecified atom stereocenters. The van der Waals surface area contributed by atoms with Crippen LogP contribution < -0.4 is 5.32 Å². The summed E-state index contributed by atoms with van der Waals surface area (Å²) in [5.74, 6) is -1.04. The van der Waals surface area contributed by atoms with Crippen molar-refractivity contribution in [2.24, 2.45) is 0 Å². The highest BCUT2D eigenvalue weighted by Crippen LogP contribution is 2.26. The van der Waals surface area contributed by atoms with Crippen molar-refractivity contribution < 1.29 is 18.4 Å². The second-order valence-corrected chi connectivity index (χ2v) is 8.52. The monoisotopic (exact) mass is 456 g/mol. The summed E-state index contributed by atoms with van der Waals surface area (Å²) in [6.07, 6.45) is 2.83. The van der Waals surface area contributed by atoms with Crippen LogP contribution in [0.4, 0.5) is 19.3 Å². The Morgan fingerprint density at radius 2 is 1.88 bits per heavy atom. The smallest absolute Gasteiger partial charge is 0.321 e. The number of nitrogens with one attached hydrogen (secondary N) is 1. The van der Waals surface area contributed by atoms with E-state index in [2.05, 4.69) is 10.3 Å². The minimum absolute atomic E-state index is 0.0430. The zero-order valence-electron chi connectivity index (χ0n) is 17.4. The number of hydrogen-bond donors (Lipinski definition) is 1. The summed E-state index contributed by atoms with van der Waals surface area (Å²) in [7, 11) is 1.67. The fraction of sp³-hybridized carbons (Fsp3) is 0.261. The first kappa shape index (κ1) is 21.9. The Bertz CT molecular complexity index is 1110. The maximum absolute atomic E-state index is 14.6. The number of carbonyl (C=O) groups excluding carboxylic acids is 2. The first-order valence-electron chi connectivity index (χ1n) is 10.2. The highest BCUT2D eigenvalue weighted by molar-refractivity contribution is 7.11. The third-order valence-corrected chi connectivity index (χ3v) is 6.39. The van der Waals surface area contributed by atoms with Gasteiger partial charge in [0.2, 0.25) is 0 Å². The van der Waals surface area contributed by atoms with Crippen molar-refractivity contribution in [3.63, 3.8) is 0 Å². The number of nitrogens with zero attached hydrogens (tertiary/aromatic N) is 3. The molecule has 0 aliphatic carbocycles. The Kier molecular flexibility index (Phi) is 6.45. The molecule has 6 nitrogen and oxygen atoms in total. The number of anilines is 1. The predicted octanol–water partition coefficient (Wildman–Crippen LogP) is 4.86. The van der Waals surface area contributed by atoms with Crippen molar-refractivity contribution in [1.29, 1.82) is 0 Å². The molecule has 0 bridgehead atoms. The molecule has 3 amide bonds. The van der Waals surface area contributed by atoms with Crippen LogP contribution in [0.5, 0.6) is 0 Å². The van der Waals surface area contributed by atoms with Crippen LogP contribution in [0.15, 0.2) is 54.2 Å². The van der Waals surface area contributed by atoms with E-state index in [-0.39, 0.29) is 17.6 Å². The van der Waals surface area contributed by atoms with Crippen LogP contribution in [0.1, 0.15) is 22.5 Å². The van der Waals surface area contributed by atoms with Crippen LogP contribution in [0.2, 0.25) is 0 Å². The maximum Gasteiger partial charge on any atom is 0.321 e. The first-order chi connectivity index (χ1) is 15.4. The molecule has 1 aliphatic heterocycles. The summed E-state index contributed by atoms with van der Waals surface area (Å²) in [5.41, 5.74) is 2.76. The number of hydrogen-bond acceptors (Lipinski definition) is 4. The van der Waals surface area contributed by atoms with Crippen molar-refractivity contribution in [1.82, 2.24) is 14.8 Å². The van der Waals surface area contributed by atoms with Gasteiger partial charge in [-0.25, -0.2) is 13.6 Å². The zero-order chi connectivity index (χ0) is 22.7. The van der Waals surface area contributed by atoms with Crippen LogP contribution in [-0.2, 0) is 0 Å². The van der Waals surface area contributed by atoms with E-state index in [4.69, 9.17) is 0 Å². The molecule has 0 saturated carbocycles. The van der Waals surface area contributed by atoms with Gasteiger partial charge in [0, 0.05) is 26.2 Å². The van der Waals surface area contributed by atoms with E-state index in [9.17, 15) is 18.4 Å². The number of halogens is 2. The van der Waals surface area contributed by atoms with Crippen LogP contribution in [0, 0.1) is 11.6 Å². The lowest BCUT2D eigenvalue weighted by molar-refractivity contribution is 0.0676. The van der Waals surface area contributed by atoms with Crippen LogP contribution in [0.3, 0.4) is 0 Å². The number of thiazole rings is 1. The minimum atomic E-state index is -0.599. The Morgan fingerprint density at radius 1 is 1.12 bits per heavy atom. The SMILES string of the molecule is CN(C(=O)Nc1ccc(-c2cccc(F)c2)cc1F)C1CCN(C(=O)c2cncs2)CC1. The molecule has 1 N–H and O–H groups in total. The molecular weight excluding hydrogens is 434 g/mol. The molecule has 1 fully saturated rings. The van der Waals surface area contributed by atoms with Crippen molar-refractivity contribution >= 4 is 29.0 Å². The fourth-order valence-corrected chi connectivity index (χ4v) is 4.35. The van der Waals surface area contributed by atoms with E-state index in [1.165, 1.54) is 35.6 Å². The molecule has 0 atom stereocenters. The molecule has 0 radical (unpaired) electrons. The highest BCUT2D eigenvalue weighted by atomic mass is 32.1. The molecule has 1 aliphatic rings. The van der Waals surface area contributed by atoms with Crippen LogP contribution in [0.25, 0.3) is 11.1 Å². The molecule has 1 aromatic heterocycles. The third-order valence-electron chi connectivity index (χ3n) is 5.63. The number of piperidine rings is 1. The van der Waals surface area contributed by atoms with E-state index >= 15 is 0 Å². The van der Waals surface area contributed by atoms with Crippen LogP contribution >= 0.6 is 11.3 Å². The summed E-state index contributed by atoms with van der Waals surface area (Å²) in [6, 6.07) is 9.79. The van der Waals surface area contributed by atoms with Crippen molar-refractivity contribution in [3.8, 4) is 11.1 Å². The molecule has 166 valence electrons. The van der Waals surface area contributed by atoms with Crippen molar-refractivity contribution in [3.05, 3.63) is 70.7 Å². The average molecular weight is 457 g/mol. The molecule has 3 aromatic rings. The predicted molar refractivity (Wildman–Crippen MR) is 120 cm³/mol. The zero-order valence-corrected chi connectivity index (χ0v) is 18.2. The topological polar surface area (TPSA) is 65.5 Å². The van der Waals surface area contributed by atoms with Crippen molar-refractivity contribution in [2.75, 3.05) is 25.5 Å². The van der Waals surface area contributed by atoms with Gasteiger partial charge in [-0.3, -0.25) is 9.78 Å². The molecular formula is C23H22F2N4O2S. The van der Waals surface area contributed by atoms with E-state index in [0.717, 1.165) is 0 Å². The van der Waals surface area contributed by atoms with Crippen molar-refractivity contribution in [2.45, 2.75) is 18.9 Å². The van der Waals surface area contributed by atoms with Gasteiger partial charge in [-0.1, -0.05) is 18.2 Å². The minimum Gasteiger partial charge on any atom is -0.338 e. The van der Waals surface area contributed by atoms with Gasteiger partial charge in [0.05, 0.1) is 17.4 Å². The summed E-state index contributed by atoms with van der Waals surface area (Å²) in [4.78, 5) is 33.0. The van der Waals surface area contributed by atoms with Gasteiger partial charge in [-0.05, 0) is 48.2 Å². The number of urea groups is 1. The van der Waals surface area contributed by atoms with E-state index in [0.29, 0.717) is 41.9 Å². The van der Waals surface area contributed by atoms with Gasteiger partial charge in [0.1, 0.15) is 16.5 Å². The first-order valence-corrected chi connectivity index (χ1v) is 11.1. The quantitative estimate of drug-likeness (QED) is 0.610. The molecule has 0 spiro atoms. The Morgan fingerprint density at radius 3 is 2.53 bits per heavy atom. The Balaban J connectivity index is 1.35. The molecule has 1 saturated heterocycles. The summed E-state index contributed by atoms with van der Waals surface area (Å²) >= 11 is 1.31. The van der Waals surface area contributed by atoms with Gasteiger partial charge in [0.15, 0.2) is 0 Å². The van der Waals surface area contributed by atoms with Gasteiger partial charge < -0.3 is 15.1 Å². The highest BCUT2D eigenvalue weighted by Gasteiger charge is 2.28. The molecule has 9 heteroatoms. The lowest BCUT2D eigenvalue weighted by atomic mass is 10.0. The summed E-state index contributed by atoms with van der Waals surface area (Å²) in [5, 5.41) is 2.60. The second kappa shape index (κ2) is 9.44. The number of benzene rings is 2. The van der Waals surface area contributed by atoms with Gasteiger partial charge in [-0.2, -0.15) is 0 Å². The molecule has 32 heavy (non-hydrogen) atoms. The fourth-order valence-electron chi connectivity index (χ4n) is 3.77. The van der Waals surface area contributed by atoms with E-state index < -0.39 is 17.7 Å². The van der Waals surface area contributed by atoms with E-state index in [1.54, 1.807) is 46.8 Å². The summed E-state index contributed by atoms with van der Waals surface area (Å²) < 4.78 is 28.0. The van der Waals surface area contributed by atoms with Gasteiger partial charge >= 0.3 is 6.03 Å². The largest absolute Gasteiger partial charge is 0.338 e. The number of carbonyl (C=O) groups is 2. The lowest BCUT2D eigenvalue weighted by Gasteiger charge is -2.36. The van der Waals surface area contributed by atoms with Gasteiger partial charge in [0.25, 0.3) is 5.91 Å². The average Bonchev–Trinajstić information content (AvgIpc) is 3.34. The Labute approximate surface area is 188 Å². The number of rotatable bonds is 4. The molecule has 4 rings (SSSR count). The van der Waals surface area contributed by atoms with Gasteiger partial charge in [-0.15, -0.1) is 11.3 Å². The second-order valence-electron chi connectivity index (χ2n) is 7.64.